The summed E-state index contributed by atoms with van der Waals surface area (Å²) in [6.07, 6.45) is 3.35. The summed E-state index contributed by atoms with van der Waals surface area (Å²) in [6.45, 7) is 1.60. The van der Waals surface area contributed by atoms with Crippen LogP contribution >= 0.6 is 11.6 Å². The summed E-state index contributed by atoms with van der Waals surface area (Å²) in [5.74, 6) is 0. The van der Waals surface area contributed by atoms with Gasteiger partial charge in [0.2, 0.25) is 10.0 Å². The number of rotatable bonds is 5. The quantitative estimate of drug-likeness (QED) is 0.662. The van der Waals surface area contributed by atoms with Crippen molar-refractivity contribution in [2.45, 2.75) is 24.3 Å². The minimum absolute atomic E-state index is 0.307. The lowest BCUT2D eigenvalue weighted by Gasteiger charge is -2.16. The molecule has 4 rings (SSSR count). The summed E-state index contributed by atoms with van der Waals surface area (Å²) in [6, 6.07) is 14.3. The molecule has 1 N–H and O–H groups in total. The molecule has 29 heavy (non-hydrogen) atoms. The molecule has 2 heterocycles. The molecular weight excluding hydrogens is 408 g/mol. The third-order valence-electron chi connectivity index (χ3n) is 5.05. The second kappa shape index (κ2) is 7.99. The van der Waals surface area contributed by atoms with E-state index < -0.39 is 10.0 Å². The maximum Gasteiger partial charge on any atom is 0.243 e. The Morgan fingerprint density at radius 2 is 1.86 bits per heavy atom. The fourth-order valence-corrected chi connectivity index (χ4v) is 5.18. The first kappa shape index (κ1) is 19.6. The van der Waals surface area contributed by atoms with E-state index in [-0.39, 0.29) is 0 Å². The Labute approximate surface area is 174 Å². The van der Waals surface area contributed by atoms with Crippen LogP contribution in [-0.2, 0) is 16.6 Å². The average Bonchev–Trinajstić information content (AvgIpc) is 3.28. The highest BCUT2D eigenvalue weighted by atomic mass is 35.5. The molecule has 2 aromatic carbocycles. The monoisotopic (exact) mass is 426 g/mol. The van der Waals surface area contributed by atoms with Crippen molar-refractivity contribution in [2.75, 3.05) is 18.4 Å². The van der Waals surface area contributed by atoms with Crippen molar-refractivity contribution in [2.24, 2.45) is 0 Å². The van der Waals surface area contributed by atoms with E-state index in [1.165, 1.54) is 10.5 Å². The molecule has 0 spiro atoms. The molecule has 148 valence electrons. The third-order valence-corrected chi connectivity index (χ3v) is 7.19. The molecule has 0 atom stereocenters. The van der Waals surface area contributed by atoms with Crippen LogP contribution in [0.3, 0.4) is 0 Å². The second-order valence-electron chi connectivity index (χ2n) is 6.93. The van der Waals surface area contributed by atoms with Gasteiger partial charge in [0, 0.05) is 36.2 Å². The second-order valence-corrected chi connectivity index (χ2v) is 9.30. The van der Waals surface area contributed by atoms with Gasteiger partial charge in [0.15, 0.2) is 0 Å². The maximum absolute atomic E-state index is 12.6. The number of halogens is 1. The number of pyridine rings is 1. The van der Waals surface area contributed by atoms with Crippen molar-refractivity contribution in [3.05, 3.63) is 64.8 Å². The number of anilines is 1. The van der Waals surface area contributed by atoms with Gasteiger partial charge in [0.25, 0.3) is 0 Å². The standard InChI is InChI=1S/C21H19ClN4O2S/c22-17-5-8-20-19(11-17)21(16(12-23)14-24-20)25-13-15-3-6-18(7-4-15)29(27,28)26-9-1-2-10-26/h3-8,11,14H,1-2,9-10,13H2,(H,24,25). The summed E-state index contributed by atoms with van der Waals surface area (Å²) in [4.78, 5) is 4.60. The number of nitrogens with zero attached hydrogens (tertiary/aromatic N) is 3. The number of hydrogen-bond donors (Lipinski definition) is 1. The van der Waals surface area contributed by atoms with Crippen LogP contribution in [0.5, 0.6) is 0 Å². The summed E-state index contributed by atoms with van der Waals surface area (Å²) in [5.41, 5.74) is 2.73. The molecule has 8 heteroatoms. The Morgan fingerprint density at radius 1 is 1.14 bits per heavy atom. The predicted molar refractivity (Wildman–Crippen MR) is 113 cm³/mol. The lowest BCUT2D eigenvalue weighted by atomic mass is 10.1. The van der Waals surface area contributed by atoms with Gasteiger partial charge in [-0.25, -0.2) is 8.42 Å². The molecule has 1 aromatic heterocycles. The van der Waals surface area contributed by atoms with Crippen molar-refractivity contribution in [1.29, 1.82) is 5.26 Å². The molecule has 3 aromatic rings. The number of fused-ring (bicyclic) bond motifs is 1. The average molecular weight is 427 g/mol. The normalized spacial score (nSPS) is 14.8. The highest BCUT2D eigenvalue weighted by molar-refractivity contribution is 7.89. The number of hydrogen-bond acceptors (Lipinski definition) is 5. The SMILES string of the molecule is N#Cc1cnc2ccc(Cl)cc2c1NCc1ccc(S(=O)(=O)N2CCCC2)cc1. The molecule has 0 amide bonds. The minimum atomic E-state index is -3.42. The first-order valence-electron chi connectivity index (χ1n) is 9.30. The first-order valence-corrected chi connectivity index (χ1v) is 11.1. The van der Waals surface area contributed by atoms with Crippen LogP contribution in [0, 0.1) is 11.3 Å². The smallest absolute Gasteiger partial charge is 0.243 e. The highest BCUT2D eigenvalue weighted by Crippen LogP contribution is 2.29. The third kappa shape index (κ3) is 3.92. The summed E-state index contributed by atoms with van der Waals surface area (Å²) in [5, 5.41) is 14.1. The fraction of sp³-hybridized carbons (Fsp3) is 0.238. The molecule has 1 saturated heterocycles. The Bertz CT molecular complexity index is 1200. The molecule has 1 aliphatic heterocycles. The zero-order valence-electron chi connectivity index (χ0n) is 15.6. The summed E-state index contributed by atoms with van der Waals surface area (Å²) in [7, 11) is -3.42. The van der Waals surface area contributed by atoms with E-state index in [2.05, 4.69) is 16.4 Å². The van der Waals surface area contributed by atoms with E-state index in [0.717, 1.165) is 29.3 Å². The van der Waals surface area contributed by atoms with E-state index in [1.807, 2.05) is 6.07 Å². The van der Waals surface area contributed by atoms with Gasteiger partial charge < -0.3 is 5.32 Å². The van der Waals surface area contributed by atoms with E-state index in [9.17, 15) is 13.7 Å². The number of aromatic nitrogens is 1. The highest BCUT2D eigenvalue weighted by Gasteiger charge is 2.26. The molecule has 1 fully saturated rings. The number of nitriles is 1. The molecule has 0 bridgehead atoms. The topological polar surface area (TPSA) is 86.1 Å². The van der Waals surface area contributed by atoms with E-state index in [0.29, 0.717) is 40.8 Å². The van der Waals surface area contributed by atoms with Gasteiger partial charge in [-0.3, -0.25) is 4.98 Å². The Morgan fingerprint density at radius 3 is 2.55 bits per heavy atom. The summed E-state index contributed by atoms with van der Waals surface area (Å²) >= 11 is 6.12. The Balaban J connectivity index is 1.57. The number of sulfonamides is 1. The Hall–Kier alpha value is -2.66. The zero-order valence-corrected chi connectivity index (χ0v) is 17.2. The molecule has 0 unspecified atom stereocenters. The minimum Gasteiger partial charge on any atom is -0.379 e. The van der Waals surface area contributed by atoms with E-state index >= 15 is 0 Å². The van der Waals surface area contributed by atoms with Gasteiger partial charge in [-0.15, -0.1) is 0 Å². The van der Waals surface area contributed by atoms with Gasteiger partial charge in [-0.1, -0.05) is 23.7 Å². The molecule has 6 nitrogen and oxygen atoms in total. The van der Waals surface area contributed by atoms with Crippen LogP contribution in [0.2, 0.25) is 5.02 Å². The van der Waals surface area contributed by atoms with Crippen molar-refractivity contribution in [3.8, 4) is 6.07 Å². The van der Waals surface area contributed by atoms with E-state index in [4.69, 9.17) is 11.6 Å². The van der Waals surface area contributed by atoms with Gasteiger partial charge in [0.1, 0.15) is 6.07 Å². The van der Waals surface area contributed by atoms with Crippen LogP contribution in [0.4, 0.5) is 5.69 Å². The Kier molecular flexibility index (Phi) is 5.41. The van der Waals surface area contributed by atoms with Crippen LogP contribution in [-0.4, -0.2) is 30.8 Å². The van der Waals surface area contributed by atoms with Gasteiger partial charge in [-0.2, -0.15) is 9.57 Å². The van der Waals surface area contributed by atoms with Crippen LogP contribution < -0.4 is 5.32 Å². The number of benzene rings is 2. The molecular formula is C21H19ClN4O2S. The zero-order chi connectivity index (χ0) is 20.4. The molecule has 0 aliphatic carbocycles. The predicted octanol–water partition coefficient (Wildman–Crippen LogP) is 4.16. The van der Waals surface area contributed by atoms with Crippen LogP contribution in [0.1, 0.15) is 24.0 Å². The van der Waals surface area contributed by atoms with Crippen molar-refractivity contribution in [3.63, 3.8) is 0 Å². The van der Waals surface area contributed by atoms with E-state index in [1.54, 1.807) is 36.4 Å². The van der Waals surface area contributed by atoms with Crippen molar-refractivity contribution >= 4 is 38.2 Å². The fourth-order valence-electron chi connectivity index (χ4n) is 3.49. The van der Waals surface area contributed by atoms with Crippen molar-refractivity contribution in [1.82, 2.24) is 9.29 Å². The lowest BCUT2D eigenvalue weighted by molar-refractivity contribution is 0.477. The van der Waals surface area contributed by atoms with Gasteiger partial charge in [0.05, 0.1) is 21.7 Å². The largest absolute Gasteiger partial charge is 0.379 e. The lowest BCUT2D eigenvalue weighted by Crippen LogP contribution is -2.27. The molecule has 1 aliphatic rings. The van der Waals surface area contributed by atoms with Gasteiger partial charge in [-0.05, 0) is 48.7 Å². The number of nitrogens with one attached hydrogen (secondary N) is 1. The molecule has 0 radical (unpaired) electrons. The first-order chi connectivity index (χ1) is 14.0. The van der Waals surface area contributed by atoms with Gasteiger partial charge >= 0.3 is 0 Å². The maximum atomic E-state index is 12.6. The summed E-state index contributed by atoms with van der Waals surface area (Å²) < 4.78 is 26.8. The van der Waals surface area contributed by atoms with Crippen molar-refractivity contribution < 1.29 is 8.42 Å². The molecule has 0 saturated carbocycles. The van der Waals surface area contributed by atoms with Crippen LogP contribution in [0.15, 0.2) is 53.6 Å². The van der Waals surface area contributed by atoms with Crippen LogP contribution in [0.25, 0.3) is 10.9 Å².